The fourth-order valence-electron chi connectivity index (χ4n) is 3.19. The lowest BCUT2D eigenvalue weighted by Crippen LogP contribution is -2.25. The van der Waals surface area contributed by atoms with E-state index >= 15 is 0 Å². The largest absolute Gasteiger partial charge is 0.501 e. The summed E-state index contributed by atoms with van der Waals surface area (Å²) in [4.78, 5) is 20.7. The van der Waals surface area contributed by atoms with Crippen LogP contribution in [0.3, 0.4) is 0 Å². The fraction of sp³-hybridized carbons (Fsp3) is 0.421. The first-order valence-corrected chi connectivity index (χ1v) is 8.89. The van der Waals surface area contributed by atoms with Gasteiger partial charge in [0.15, 0.2) is 5.69 Å². The van der Waals surface area contributed by atoms with E-state index < -0.39 is 17.5 Å². The summed E-state index contributed by atoms with van der Waals surface area (Å²) in [7, 11) is 0. The molecule has 3 N–H and O–H groups in total. The molecule has 0 aliphatic heterocycles. The Bertz CT molecular complexity index is 788. The molecule has 0 spiro atoms. The third kappa shape index (κ3) is 3.87. The molecule has 1 heterocycles. The lowest BCUT2D eigenvalue weighted by molar-refractivity contribution is 0.0941. The predicted molar refractivity (Wildman–Crippen MR) is 95.4 cm³/mol. The second kappa shape index (κ2) is 8.03. The van der Waals surface area contributed by atoms with Crippen molar-refractivity contribution >= 4 is 5.91 Å². The maximum atomic E-state index is 12.5. The average molecular weight is 357 g/mol. The zero-order chi connectivity index (χ0) is 18.5. The van der Waals surface area contributed by atoms with Crippen LogP contribution in [0.5, 0.6) is 17.4 Å². The van der Waals surface area contributed by atoms with Crippen LogP contribution < -0.4 is 10.1 Å². The summed E-state index contributed by atoms with van der Waals surface area (Å²) < 4.78 is 5.54. The number of nitrogens with one attached hydrogen (secondary N) is 1. The highest BCUT2D eigenvalue weighted by atomic mass is 16.5. The van der Waals surface area contributed by atoms with Crippen molar-refractivity contribution in [1.82, 2.24) is 15.3 Å². The summed E-state index contributed by atoms with van der Waals surface area (Å²) in [5, 5.41) is 22.6. The molecule has 0 atom stereocenters. The van der Waals surface area contributed by atoms with Crippen molar-refractivity contribution in [3.8, 4) is 17.4 Å². The molecule has 0 bridgehead atoms. The minimum Gasteiger partial charge on any atom is -0.501 e. The van der Waals surface area contributed by atoms with Gasteiger partial charge in [0.25, 0.3) is 11.8 Å². The van der Waals surface area contributed by atoms with Gasteiger partial charge in [0.2, 0.25) is 5.75 Å². The standard InChI is InChI=1S/C19H23N3O4/c1-2-26-14-10-6-5-9-13(14)11-20-18(24)15-16(23)19(25)22-17(21-15)12-7-3-4-8-12/h5-6,9-10,12,23H,2-4,7-8,11H2,1H3,(H,20,24)(H,21,22,25). The molecule has 26 heavy (non-hydrogen) atoms. The highest BCUT2D eigenvalue weighted by Gasteiger charge is 2.25. The number of rotatable bonds is 6. The number of carbonyl (C=O) groups excluding carboxylic acids is 1. The summed E-state index contributed by atoms with van der Waals surface area (Å²) in [5.74, 6) is -0.490. The monoisotopic (exact) mass is 357 g/mol. The molecule has 1 saturated carbocycles. The Morgan fingerprint density at radius 2 is 1.96 bits per heavy atom. The molecular formula is C19H23N3O4. The zero-order valence-corrected chi connectivity index (χ0v) is 14.7. The van der Waals surface area contributed by atoms with Crippen molar-refractivity contribution in [1.29, 1.82) is 0 Å². The van der Waals surface area contributed by atoms with Gasteiger partial charge >= 0.3 is 0 Å². The SMILES string of the molecule is CCOc1ccccc1CNC(=O)c1nc(C2CCCC2)nc(O)c1O. The Morgan fingerprint density at radius 3 is 2.69 bits per heavy atom. The molecule has 138 valence electrons. The smallest absolute Gasteiger partial charge is 0.274 e. The molecule has 3 rings (SSSR count). The highest BCUT2D eigenvalue weighted by molar-refractivity contribution is 5.95. The van der Waals surface area contributed by atoms with Crippen LogP contribution in [-0.4, -0.2) is 32.7 Å². The van der Waals surface area contributed by atoms with Crippen molar-refractivity contribution in [3.63, 3.8) is 0 Å². The Kier molecular flexibility index (Phi) is 5.55. The van der Waals surface area contributed by atoms with E-state index in [1.165, 1.54) is 0 Å². The Labute approximate surface area is 152 Å². The number of benzene rings is 1. The van der Waals surface area contributed by atoms with Gasteiger partial charge in [0, 0.05) is 18.0 Å². The molecule has 2 aromatic rings. The van der Waals surface area contributed by atoms with Gasteiger partial charge in [0.1, 0.15) is 11.6 Å². The summed E-state index contributed by atoms with van der Waals surface area (Å²) >= 11 is 0. The second-order valence-electron chi connectivity index (χ2n) is 6.31. The Balaban J connectivity index is 1.77. The number of aromatic nitrogens is 2. The van der Waals surface area contributed by atoms with E-state index in [1.54, 1.807) is 0 Å². The summed E-state index contributed by atoms with van der Waals surface area (Å²) in [6.45, 7) is 2.63. The molecule has 1 aliphatic carbocycles. The number of hydrogen-bond acceptors (Lipinski definition) is 6. The van der Waals surface area contributed by atoms with Crippen molar-refractivity contribution in [3.05, 3.63) is 41.3 Å². The number of amides is 1. The van der Waals surface area contributed by atoms with E-state index in [2.05, 4.69) is 15.3 Å². The second-order valence-corrected chi connectivity index (χ2v) is 6.31. The normalized spacial score (nSPS) is 14.3. The van der Waals surface area contributed by atoms with Gasteiger partial charge < -0.3 is 20.3 Å². The molecular weight excluding hydrogens is 334 g/mol. The van der Waals surface area contributed by atoms with Crippen molar-refractivity contribution in [2.45, 2.75) is 45.1 Å². The molecule has 0 radical (unpaired) electrons. The van der Waals surface area contributed by atoms with E-state index in [0.29, 0.717) is 18.2 Å². The minimum absolute atomic E-state index is 0.117. The number of hydrogen-bond donors (Lipinski definition) is 3. The first kappa shape index (κ1) is 18.0. The van der Waals surface area contributed by atoms with Crippen molar-refractivity contribution < 1.29 is 19.7 Å². The van der Waals surface area contributed by atoms with E-state index in [-0.39, 0.29) is 18.2 Å². The molecule has 0 unspecified atom stereocenters. The maximum absolute atomic E-state index is 12.5. The number of carbonyl (C=O) groups is 1. The van der Waals surface area contributed by atoms with Crippen LogP contribution in [0.2, 0.25) is 0 Å². The fourth-order valence-corrected chi connectivity index (χ4v) is 3.19. The Morgan fingerprint density at radius 1 is 1.23 bits per heavy atom. The molecule has 0 saturated heterocycles. The zero-order valence-electron chi connectivity index (χ0n) is 14.7. The van der Waals surface area contributed by atoms with E-state index in [9.17, 15) is 15.0 Å². The number of nitrogens with zero attached hydrogens (tertiary/aromatic N) is 2. The van der Waals surface area contributed by atoms with Crippen molar-refractivity contribution in [2.24, 2.45) is 0 Å². The lowest BCUT2D eigenvalue weighted by atomic mass is 10.1. The molecule has 1 aromatic carbocycles. The maximum Gasteiger partial charge on any atom is 0.274 e. The van der Waals surface area contributed by atoms with Crippen molar-refractivity contribution in [2.75, 3.05) is 6.61 Å². The summed E-state index contributed by atoms with van der Waals surface area (Å²) in [6.07, 6.45) is 4.00. The third-order valence-electron chi connectivity index (χ3n) is 4.53. The first-order chi connectivity index (χ1) is 12.6. The molecule has 1 amide bonds. The van der Waals surface area contributed by atoms with Crippen LogP contribution in [0, 0.1) is 0 Å². The minimum atomic E-state index is -0.595. The summed E-state index contributed by atoms with van der Waals surface area (Å²) in [6, 6.07) is 7.40. The van der Waals surface area contributed by atoms with E-state index in [1.807, 2.05) is 31.2 Å². The molecule has 7 nitrogen and oxygen atoms in total. The van der Waals surface area contributed by atoms with Gasteiger partial charge in [0.05, 0.1) is 6.61 Å². The number of aromatic hydroxyl groups is 2. The van der Waals surface area contributed by atoms with Crippen LogP contribution in [0.15, 0.2) is 24.3 Å². The van der Waals surface area contributed by atoms with Crippen LogP contribution in [0.25, 0.3) is 0 Å². The third-order valence-corrected chi connectivity index (χ3v) is 4.53. The Hall–Kier alpha value is -2.83. The highest BCUT2D eigenvalue weighted by Crippen LogP contribution is 2.35. The van der Waals surface area contributed by atoms with E-state index in [4.69, 9.17) is 4.74 Å². The van der Waals surface area contributed by atoms with Gasteiger partial charge in [-0.2, -0.15) is 4.98 Å². The van der Waals surface area contributed by atoms with Crippen LogP contribution >= 0.6 is 0 Å². The number of para-hydroxylation sites is 1. The van der Waals surface area contributed by atoms with Crippen LogP contribution in [0.4, 0.5) is 0 Å². The van der Waals surface area contributed by atoms with Gasteiger partial charge in [-0.15, -0.1) is 0 Å². The lowest BCUT2D eigenvalue weighted by Gasteiger charge is -2.13. The van der Waals surface area contributed by atoms with Gasteiger partial charge in [-0.3, -0.25) is 4.79 Å². The first-order valence-electron chi connectivity index (χ1n) is 8.89. The molecule has 7 heteroatoms. The number of ether oxygens (including phenoxy) is 1. The molecule has 1 fully saturated rings. The van der Waals surface area contributed by atoms with Crippen LogP contribution in [-0.2, 0) is 6.54 Å². The summed E-state index contributed by atoms with van der Waals surface area (Å²) in [5.41, 5.74) is 0.616. The average Bonchev–Trinajstić information content (AvgIpc) is 3.18. The van der Waals surface area contributed by atoms with Gasteiger partial charge in [-0.05, 0) is 25.8 Å². The predicted octanol–water partition coefficient (Wildman–Crippen LogP) is 2.87. The van der Waals surface area contributed by atoms with Gasteiger partial charge in [-0.1, -0.05) is 31.0 Å². The van der Waals surface area contributed by atoms with Gasteiger partial charge in [-0.25, -0.2) is 4.98 Å². The topological polar surface area (TPSA) is 105 Å². The van der Waals surface area contributed by atoms with Crippen LogP contribution in [0.1, 0.15) is 60.4 Å². The molecule has 1 aliphatic rings. The van der Waals surface area contributed by atoms with E-state index in [0.717, 1.165) is 31.2 Å². The quantitative estimate of drug-likeness (QED) is 0.734. The molecule has 1 aromatic heterocycles.